The summed E-state index contributed by atoms with van der Waals surface area (Å²) in [6, 6.07) is 0.669. The van der Waals surface area contributed by atoms with Crippen molar-refractivity contribution in [3.8, 4) is 0 Å². The molecule has 0 amide bonds. The number of aromatic nitrogens is 3. The maximum atomic E-state index is 5.82. The molecule has 0 saturated heterocycles. The summed E-state index contributed by atoms with van der Waals surface area (Å²) in [7, 11) is 0. The van der Waals surface area contributed by atoms with Crippen LogP contribution in [-0.4, -0.2) is 21.3 Å². The largest absolute Gasteiger partial charge is 0.330 e. The van der Waals surface area contributed by atoms with Crippen molar-refractivity contribution in [2.45, 2.75) is 45.6 Å². The molecule has 4 nitrogen and oxygen atoms in total. The molecule has 0 bridgehead atoms. The summed E-state index contributed by atoms with van der Waals surface area (Å²) in [4.78, 5) is 0. The van der Waals surface area contributed by atoms with E-state index in [1.165, 1.54) is 19.3 Å². The highest BCUT2D eigenvalue weighted by Crippen LogP contribution is 2.35. The van der Waals surface area contributed by atoms with Crippen molar-refractivity contribution in [3.63, 3.8) is 0 Å². The minimum absolute atomic E-state index is 0.543. The molecule has 0 aliphatic heterocycles. The number of nitrogens with two attached hydrogens (primary N) is 1. The van der Waals surface area contributed by atoms with Gasteiger partial charge in [-0.1, -0.05) is 13.8 Å². The molecule has 2 rings (SSSR count). The van der Waals surface area contributed by atoms with Crippen LogP contribution in [0.25, 0.3) is 0 Å². The third-order valence-corrected chi connectivity index (χ3v) is 3.20. The average molecular weight is 222 g/mol. The Hall–Kier alpha value is -0.900. The normalized spacial score (nSPS) is 18.0. The van der Waals surface area contributed by atoms with Gasteiger partial charge in [0.15, 0.2) is 0 Å². The van der Waals surface area contributed by atoms with E-state index in [2.05, 4.69) is 28.6 Å². The first-order valence-electron chi connectivity index (χ1n) is 6.29. The summed E-state index contributed by atoms with van der Waals surface area (Å²) in [5.41, 5.74) is 5.82. The molecule has 0 unspecified atom stereocenters. The minimum Gasteiger partial charge on any atom is -0.330 e. The lowest BCUT2D eigenvalue weighted by Gasteiger charge is -2.16. The van der Waals surface area contributed by atoms with Crippen LogP contribution >= 0.6 is 0 Å². The van der Waals surface area contributed by atoms with Crippen molar-refractivity contribution in [1.82, 2.24) is 14.8 Å². The Balaban J connectivity index is 1.97. The van der Waals surface area contributed by atoms with Crippen LogP contribution in [0.4, 0.5) is 0 Å². The van der Waals surface area contributed by atoms with E-state index in [9.17, 15) is 0 Å². The van der Waals surface area contributed by atoms with Crippen molar-refractivity contribution >= 4 is 0 Å². The molecule has 1 fully saturated rings. The Bertz CT molecular complexity index is 328. The number of nitrogens with zero attached hydrogens (tertiary/aromatic N) is 3. The Morgan fingerprint density at radius 1 is 1.50 bits per heavy atom. The Kier molecular flexibility index (Phi) is 3.59. The first-order valence-corrected chi connectivity index (χ1v) is 6.29. The molecule has 4 heteroatoms. The molecule has 0 radical (unpaired) electrons. The summed E-state index contributed by atoms with van der Waals surface area (Å²) in [5.74, 6) is 2.37. The van der Waals surface area contributed by atoms with Crippen molar-refractivity contribution in [3.05, 3.63) is 12.2 Å². The van der Waals surface area contributed by atoms with E-state index in [-0.39, 0.29) is 0 Å². The standard InChI is InChI=1S/C12H22N4/c1-9(2)5-10(7-13)6-12-15-14-8-16(12)11-3-4-11/h8-11H,3-7,13H2,1-2H3/t10-/m0/s1. The first-order chi connectivity index (χ1) is 7.70. The van der Waals surface area contributed by atoms with Crippen molar-refractivity contribution < 1.29 is 0 Å². The fraction of sp³-hybridized carbons (Fsp3) is 0.833. The molecule has 1 atom stereocenters. The molecule has 0 spiro atoms. The van der Waals surface area contributed by atoms with Gasteiger partial charge in [-0.3, -0.25) is 0 Å². The molecular formula is C12H22N4. The monoisotopic (exact) mass is 222 g/mol. The predicted octanol–water partition coefficient (Wildman–Crippen LogP) is 1.78. The predicted molar refractivity (Wildman–Crippen MR) is 64.0 cm³/mol. The van der Waals surface area contributed by atoms with Gasteiger partial charge in [-0.2, -0.15) is 0 Å². The average Bonchev–Trinajstić information content (AvgIpc) is 2.98. The molecule has 1 aliphatic rings. The number of hydrogen-bond donors (Lipinski definition) is 1. The Labute approximate surface area is 97.2 Å². The molecule has 1 aliphatic carbocycles. The summed E-state index contributed by atoms with van der Waals surface area (Å²) in [6.45, 7) is 5.23. The van der Waals surface area contributed by atoms with Crippen LogP contribution in [0.15, 0.2) is 6.33 Å². The summed E-state index contributed by atoms with van der Waals surface area (Å²) < 4.78 is 2.24. The van der Waals surface area contributed by atoms with Gasteiger partial charge in [-0.05, 0) is 37.6 Å². The highest BCUT2D eigenvalue weighted by atomic mass is 15.3. The molecule has 2 N–H and O–H groups in total. The van der Waals surface area contributed by atoms with Crippen molar-refractivity contribution in [2.75, 3.05) is 6.54 Å². The van der Waals surface area contributed by atoms with E-state index in [0.29, 0.717) is 17.9 Å². The van der Waals surface area contributed by atoms with E-state index < -0.39 is 0 Å². The molecule has 1 saturated carbocycles. The zero-order valence-corrected chi connectivity index (χ0v) is 10.3. The van der Waals surface area contributed by atoms with E-state index in [4.69, 9.17) is 5.73 Å². The fourth-order valence-electron chi connectivity index (χ4n) is 2.26. The zero-order valence-electron chi connectivity index (χ0n) is 10.3. The number of hydrogen-bond acceptors (Lipinski definition) is 3. The van der Waals surface area contributed by atoms with Crippen molar-refractivity contribution in [2.24, 2.45) is 17.6 Å². The van der Waals surface area contributed by atoms with Crippen LogP contribution < -0.4 is 5.73 Å². The third-order valence-electron chi connectivity index (χ3n) is 3.20. The van der Waals surface area contributed by atoms with Gasteiger partial charge >= 0.3 is 0 Å². The third kappa shape index (κ3) is 2.82. The highest BCUT2D eigenvalue weighted by molar-refractivity contribution is 4.96. The first kappa shape index (κ1) is 11.6. The summed E-state index contributed by atoms with van der Waals surface area (Å²) in [5, 5.41) is 8.25. The molecule has 90 valence electrons. The summed E-state index contributed by atoms with van der Waals surface area (Å²) >= 11 is 0. The molecule has 16 heavy (non-hydrogen) atoms. The van der Waals surface area contributed by atoms with Gasteiger partial charge in [-0.15, -0.1) is 10.2 Å². The zero-order chi connectivity index (χ0) is 11.5. The second-order valence-electron chi connectivity index (χ2n) is 5.32. The molecule has 1 aromatic rings. The van der Waals surface area contributed by atoms with Crippen LogP contribution in [0, 0.1) is 11.8 Å². The quantitative estimate of drug-likeness (QED) is 0.798. The van der Waals surface area contributed by atoms with E-state index in [1.54, 1.807) is 0 Å². The molecule has 1 heterocycles. The lowest BCUT2D eigenvalue weighted by Crippen LogP contribution is -2.20. The van der Waals surface area contributed by atoms with Gasteiger partial charge in [0.25, 0.3) is 0 Å². The van der Waals surface area contributed by atoms with E-state index >= 15 is 0 Å². The van der Waals surface area contributed by atoms with Gasteiger partial charge in [0, 0.05) is 12.5 Å². The second-order valence-corrected chi connectivity index (χ2v) is 5.32. The van der Waals surface area contributed by atoms with E-state index in [1.807, 2.05) is 6.33 Å². The van der Waals surface area contributed by atoms with Crippen LogP contribution in [0.3, 0.4) is 0 Å². The van der Waals surface area contributed by atoms with Gasteiger partial charge in [-0.25, -0.2) is 0 Å². The minimum atomic E-state index is 0.543. The highest BCUT2D eigenvalue weighted by Gasteiger charge is 2.26. The van der Waals surface area contributed by atoms with Crippen LogP contribution in [0.1, 0.15) is 45.0 Å². The maximum Gasteiger partial charge on any atom is 0.133 e. The smallest absolute Gasteiger partial charge is 0.133 e. The topological polar surface area (TPSA) is 56.7 Å². The van der Waals surface area contributed by atoms with E-state index in [0.717, 1.165) is 18.8 Å². The lowest BCUT2D eigenvalue weighted by atomic mass is 9.94. The molecular weight excluding hydrogens is 200 g/mol. The van der Waals surface area contributed by atoms with Gasteiger partial charge in [0.1, 0.15) is 12.2 Å². The van der Waals surface area contributed by atoms with Gasteiger partial charge < -0.3 is 10.3 Å². The van der Waals surface area contributed by atoms with Crippen LogP contribution in [-0.2, 0) is 6.42 Å². The van der Waals surface area contributed by atoms with Crippen molar-refractivity contribution in [1.29, 1.82) is 0 Å². The Morgan fingerprint density at radius 3 is 2.81 bits per heavy atom. The second kappa shape index (κ2) is 4.95. The Morgan fingerprint density at radius 2 is 2.25 bits per heavy atom. The van der Waals surface area contributed by atoms with Crippen LogP contribution in [0.2, 0.25) is 0 Å². The van der Waals surface area contributed by atoms with Crippen LogP contribution in [0.5, 0.6) is 0 Å². The SMILES string of the molecule is CC(C)C[C@H](CN)Cc1nncn1C1CC1. The lowest BCUT2D eigenvalue weighted by molar-refractivity contribution is 0.402. The molecule has 0 aromatic carbocycles. The molecule has 1 aromatic heterocycles. The summed E-state index contributed by atoms with van der Waals surface area (Å²) in [6.07, 6.45) is 6.58. The van der Waals surface area contributed by atoms with Gasteiger partial charge in [0.05, 0.1) is 0 Å². The maximum absolute atomic E-state index is 5.82. The fourth-order valence-corrected chi connectivity index (χ4v) is 2.26. The van der Waals surface area contributed by atoms with Gasteiger partial charge in [0.2, 0.25) is 0 Å². The number of rotatable bonds is 6.